The summed E-state index contributed by atoms with van der Waals surface area (Å²) >= 11 is 0. The minimum absolute atomic E-state index is 0.00848. The molecule has 0 amide bonds. The fourth-order valence-electron chi connectivity index (χ4n) is 2.48. The summed E-state index contributed by atoms with van der Waals surface area (Å²) in [7, 11) is 0. The Hall–Kier alpha value is -2.63. The van der Waals surface area contributed by atoms with Crippen molar-refractivity contribution in [3.63, 3.8) is 0 Å². The average Bonchev–Trinajstić information content (AvgIpc) is 2.49. The van der Waals surface area contributed by atoms with Crippen LogP contribution in [-0.2, 0) is 6.42 Å². The van der Waals surface area contributed by atoms with Gasteiger partial charge in [-0.2, -0.15) is 0 Å². The number of nitrogens with one attached hydrogen (secondary N) is 2. The van der Waals surface area contributed by atoms with E-state index in [0.29, 0.717) is 0 Å². The minimum atomic E-state index is -0.414. The second-order valence-corrected chi connectivity index (χ2v) is 5.16. The van der Waals surface area contributed by atoms with Crippen molar-refractivity contribution in [2.24, 2.45) is 0 Å². The normalized spacial score (nSPS) is 13.2. The Balaban J connectivity index is 1.92. The van der Waals surface area contributed by atoms with Crippen LogP contribution in [0, 0.1) is 17.0 Å². The highest BCUT2D eigenvalue weighted by Crippen LogP contribution is 2.29. The molecule has 0 bridgehead atoms. The molecular formula is C15H16N4O2. The molecule has 0 aliphatic carbocycles. The number of pyridine rings is 1. The highest BCUT2D eigenvalue weighted by molar-refractivity contribution is 5.69. The second-order valence-electron chi connectivity index (χ2n) is 5.16. The standard InChI is InChI=1S/C15H16N4O2/c1-10-7-14(19(20)21)15(17-9-10)18-12-4-5-13-11(8-12)3-2-6-16-13/h4-5,7-9,16H,2-3,6H2,1H3,(H,17,18). The summed E-state index contributed by atoms with van der Waals surface area (Å²) in [6.07, 6.45) is 3.73. The van der Waals surface area contributed by atoms with Crippen LogP contribution in [0.15, 0.2) is 30.5 Å². The molecule has 108 valence electrons. The van der Waals surface area contributed by atoms with Crippen LogP contribution in [0.1, 0.15) is 17.5 Å². The SMILES string of the molecule is Cc1cnc(Nc2ccc3c(c2)CCCN3)c([N+](=O)[O-])c1. The maximum Gasteiger partial charge on any atom is 0.311 e. The molecule has 1 aromatic carbocycles. The van der Waals surface area contributed by atoms with Gasteiger partial charge in [-0.25, -0.2) is 4.98 Å². The molecule has 0 radical (unpaired) electrons. The zero-order valence-corrected chi connectivity index (χ0v) is 11.7. The van der Waals surface area contributed by atoms with E-state index in [1.54, 1.807) is 13.1 Å². The largest absolute Gasteiger partial charge is 0.385 e. The van der Waals surface area contributed by atoms with Crippen molar-refractivity contribution in [1.82, 2.24) is 4.98 Å². The predicted octanol–water partition coefficient (Wildman–Crippen LogP) is 3.40. The van der Waals surface area contributed by atoms with Gasteiger partial charge in [-0.3, -0.25) is 10.1 Å². The van der Waals surface area contributed by atoms with E-state index in [2.05, 4.69) is 15.6 Å². The van der Waals surface area contributed by atoms with Crippen molar-refractivity contribution in [3.8, 4) is 0 Å². The molecule has 2 heterocycles. The van der Waals surface area contributed by atoms with Gasteiger partial charge in [0.2, 0.25) is 5.82 Å². The van der Waals surface area contributed by atoms with Crippen LogP contribution in [0.3, 0.4) is 0 Å². The highest BCUT2D eigenvalue weighted by Gasteiger charge is 2.16. The van der Waals surface area contributed by atoms with Gasteiger partial charge in [-0.05, 0) is 49.1 Å². The van der Waals surface area contributed by atoms with Gasteiger partial charge < -0.3 is 10.6 Å². The summed E-state index contributed by atoms with van der Waals surface area (Å²) in [6.45, 7) is 2.78. The molecule has 0 saturated heterocycles. The summed E-state index contributed by atoms with van der Waals surface area (Å²) in [5.41, 5.74) is 3.93. The Bertz CT molecular complexity index is 700. The summed E-state index contributed by atoms with van der Waals surface area (Å²) < 4.78 is 0. The Morgan fingerprint density at radius 3 is 3.05 bits per heavy atom. The third-order valence-corrected chi connectivity index (χ3v) is 3.51. The summed E-state index contributed by atoms with van der Waals surface area (Å²) in [6, 6.07) is 7.45. The first kappa shape index (κ1) is 13.4. The third kappa shape index (κ3) is 2.79. The lowest BCUT2D eigenvalue weighted by molar-refractivity contribution is -0.384. The van der Waals surface area contributed by atoms with E-state index in [0.717, 1.165) is 36.3 Å². The number of aryl methyl sites for hydroxylation is 2. The quantitative estimate of drug-likeness (QED) is 0.667. The maximum absolute atomic E-state index is 11.1. The fourth-order valence-corrected chi connectivity index (χ4v) is 2.48. The van der Waals surface area contributed by atoms with Gasteiger partial charge in [0.25, 0.3) is 0 Å². The van der Waals surface area contributed by atoms with Crippen LogP contribution >= 0.6 is 0 Å². The van der Waals surface area contributed by atoms with Crippen molar-refractivity contribution >= 4 is 22.9 Å². The van der Waals surface area contributed by atoms with Crippen LogP contribution in [0.2, 0.25) is 0 Å². The van der Waals surface area contributed by atoms with Gasteiger partial charge in [0.15, 0.2) is 0 Å². The van der Waals surface area contributed by atoms with Crippen molar-refractivity contribution < 1.29 is 4.92 Å². The monoisotopic (exact) mass is 284 g/mol. The van der Waals surface area contributed by atoms with Gasteiger partial charge in [0.05, 0.1) is 4.92 Å². The molecule has 21 heavy (non-hydrogen) atoms. The average molecular weight is 284 g/mol. The van der Waals surface area contributed by atoms with Gasteiger partial charge >= 0.3 is 5.69 Å². The molecule has 6 nitrogen and oxygen atoms in total. The molecule has 0 saturated carbocycles. The molecule has 2 N–H and O–H groups in total. The van der Waals surface area contributed by atoms with Crippen LogP contribution in [0.25, 0.3) is 0 Å². The molecule has 0 fully saturated rings. The van der Waals surface area contributed by atoms with Gasteiger partial charge in [0.1, 0.15) is 0 Å². The van der Waals surface area contributed by atoms with Gasteiger partial charge in [0, 0.05) is 30.2 Å². The number of aromatic nitrogens is 1. The summed E-state index contributed by atoms with van der Waals surface area (Å²) in [5.74, 6) is 0.273. The Labute approximate surface area is 122 Å². The van der Waals surface area contributed by atoms with E-state index in [4.69, 9.17) is 0 Å². The van der Waals surface area contributed by atoms with Crippen molar-refractivity contribution in [1.29, 1.82) is 0 Å². The van der Waals surface area contributed by atoms with Crippen LogP contribution < -0.4 is 10.6 Å². The summed E-state index contributed by atoms with van der Waals surface area (Å²) in [4.78, 5) is 14.8. The van der Waals surface area contributed by atoms with E-state index < -0.39 is 4.92 Å². The number of nitro groups is 1. The molecule has 1 aliphatic rings. The highest BCUT2D eigenvalue weighted by atomic mass is 16.6. The lowest BCUT2D eigenvalue weighted by atomic mass is 10.0. The van der Waals surface area contributed by atoms with E-state index in [9.17, 15) is 10.1 Å². The van der Waals surface area contributed by atoms with Gasteiger partial charge in [-0.1, -0.05) is 0 Å². The van der Waals surface area contributed by atoms with E-state index in [-0.39, 0.29) is 11.5 Å². The maximum atomic E-state index is 11.1. The molecule has 3 rings (SSSR count). The molecule has 0 spiro atoms. The fraction of sp³-hybridized carbons (Fsp3) is 0.267. The second kappa shape index (κ2) is 5.40. The Kier molecular flexibility index (Phi) is 3.43. The molecule has 0 unspecified atom stereocenters. The van der Waals surface area contributed by atoms with Crippen LogP contribution in [0.4, 0.5) is 22.9 Å². The predicted molar refractivity (Wildman–Crippen MR) is 82.2 cm³/mol. The van der Waals surface area contributed by atoms with Crippen LogP contribution in [0.5, 0.6) is 0 Å². The van der Waals surface area contributed by atoms with Gasteiger partial charge in [-0.15, -0.1) is 0 Å². The van der Waals surface area contributed by atoms with Crippen molar-refractivity contribution in [2.45, 2.75) is 19.8 Å². The number of hydrogen-bond acceptors (Lipinski definition) is 5. The number of anilines is 3. The molecule has 1 aliphatic heterocycles. The minimum Gasteiger partial charge on any atom is -0.385 e. The molecule has 0 atom stereocenters. The van der Waals surface area contributed by atoms with Crippen molar-refractivity contribution in [3.05, 3.63) is 51.7 Å². The third-order valence-electron chi connectivity index (χ3n) is 3.51. The smallest absolute Gasteiger partial charge is 0.311 e. The van der Waals surface area contributed by atoms with Crippen molar-refractivity contribution in [2.75, 3.05) is 17.2 Å². The summed E-state index contributed by atoms with van der Waals surface area (Å²) in [5, 5.41) is 17.5. The lowest BCUT2D eigenvalue weighted by Gasteiger charge is -2.19. The first-order valence-electron chi connectivity index (χ1n) is 6.88. The molecular weight excluding hydrogens is 268 g/mol. The number of fused-ring (bicyclic) bond motifs is 1. The zero-order valence-electron chi connectivity index (χ0n) is 11.7. The number of nitrogens with zero attached hydrogens (tertiary/aromatic N) is 2. The number of benzene rings is 1. The van der Waals surface area contributed by atoms with E-state index >= 15 is 0 Å². The zero-order chi connectivity index (χ0) is 14.8. The molecule has 6 heteroatoms. The molecule has 1 aromatic heterocycles. The first-order chi connectivity index (χ1) is 10.1. The molecule has 2 aromatic rings. The first-order valence-corrected chi connectivity index (χ1v) is 6.88. The van der Waals surface area contributed by atoms with E-state index in [1.807, 2.05) is 18.2 Å². The Morgan fingerprint density at radius 2 is 2.24 bits per heavy atom. The lowest BCUT2D eigenvalue weighted by Crippen LogP contribution is -2.11. The topological polar surface area (TPSA) is 80.1 Å². The van der Waals surface area contributed by atoms with Crippen LogP contribution in [-0.4, -0.2) is 16.5 Å². The Morgan fingerprint density at radius 1 is 1.38 bits per heavy atom. The van der Waals surface area contributed by atoms with E-state index in [1.165, 1.54) is 11.6 Å². The number of hydrogen-bond donors (Lipinski definition) is 2. The number of rotatable bonds is 3.